The van der Waals surface area contributed by atoms with Crippen LogP contribution in [0.15, 0.2) is 0 Å². The molecule has 0 saturated heterocycles. The third-order valence-electron chi connectivity index (χ3n) is 3.18. The summed E-state index contributed by atoms with van der Waals surface area (Å²) in [6.45, 7) is 14.1. The van der Waals surface area contributed by atoms with E-state index in [0.717, 1.165) is 0 Å². The van der Waals surface area contributed by atoms with E-state index in [2.05, 4.69) is 32.0 Å². The highest BCUT2D eigenvalue weighted by Gasteiger charge is 2.29. The lowest BCUT2D eigenvalue weighted by Gasteiger charge is -2.36. The van der Waals surface area contributed by atoms with Gasteiger partial charge in [-0.05, 0) is 39.0 Å². The van der Waals surface area contributed by atoms with E-state index < -0.39 is 9.71 Å². The quantitative estimate of drug-likeness (QED) is 0.804. The molecule has 0 radical (unpaired) electrons. The summed E-state index contributed by atoms with van der Waals surface area (Å²) in [5.41, 5.74) is -0.365. The Hall–Kier alpha value is -0.550. The van der Waals surface area contributed by atoms with Gasteiger partial charge < -0.3 is 5.32 Å². The molecule has 1 amide bonds. The number of carbonyl (C=O) groups is 1. The summed E-state index contributed by atoms with van der Waals surface area (Å²) in [4.78, 5) is 12.1. The van der Waals surface area contributed by atoms with Gasteiger partial charge in [0.05, 0.1) is 6.54 Å². The van der Waals surface area contributed by atoms with Gasteiger partial charge in [0.1, 0.15) is 0 Å². The van der Waals surface area contributed by atoms with E-state index in [9.17, 15) is 9.00 Å². The van der Waals surface area contributed by atoms with Crippen LogP contribution in [0.25, 0.3) is 0 Å². The molecule has 0 spiro atoms. The molecule has 0 heterocycles. The Morgan fingerprint density at radius 2 is 1.68 bits per heavy atom. The molecule has 0 saturated carbocycles. The second kappa shape index (κ2) is 5.83. The fourth-order valence-electron chi connectivity index (χ4n) is 1.59. The van der Waals surface area contributed by atoms with Crippen molar-refractivity contribution in [3.8, 4) is 0 Å². The zero-order chi connectivity index (χ0) is 15.6. The third kappa shape index (κ3) is 6.43. The largest absolute Gasteiger partial charge is 0.352 e. The summed E-state index contributed by atoms with van der Waals surface area (Å²) < 4.78 is 13.8. The lowest BCUT2D eigenvalue weighted by molar-refractivity contribution is -0.123. The van der Waals surface area contributed by atoms with Crippen LogP contribution in [0.4, 0.5) is 0 Å². The van der Waals surface area contributed by atoms with Crippen LogP contribution in [0.3, 0.4) is 0 Å². The lowest BCUT2D eigenvalue weighted by Crippen LogP contribution is -2.52. The number of amides is 1. The van der Waals surface area contributed by atoms with Crippen molar-refractivity contribution in [1.29, 1.82) is 0 Å². The average molecular weight is 290 g/mol. The molecule has 1 unspecified atom stereocenters. The smallest absolute Gasteiger partial charge is 0.235 e. The molecule has 2 atom stereocenters. The minimum Gasteiger partial charge on any atom is -0.352 e. The molecular weight excluding hydrogens is 260 g/mol. The molecule has 0 rings (SSSR count). The van der Waals surface area contributed by atoms with Gasteiger partial charge in [0.2, 0.25) is 5.91 Å². The molecule has 1 N–H and O–H groups in total. The number of carbonyl (C=O) groups excluding carboxylic acids is 1. The van der Waals surface area contributed by atoms with Crippen LogP contribution in [0.1, 0.15) is 48.5 Å². The zero-order valence-corrected chi connectivity index (χ0v) is 14.5. The molecule has 114 valence electrons. The van der Waals surface area contributed by atoms with Crippen molar-refractivity contribution < 1.29 is 9.00 Å². The van der Waals surface area contributed by atoms with Crippen LogP contribution in [-0.2, 0) is 14.5 Å². The second-order valence-corrected chi connectivity index (χ2v) is 9.68. The van der Waals surface area contributed by atoms with Crippen molar-refractivity contribution in [1.82, 2.24) is 9.62 Å². The first-order valence-electron chi connectivity index (χ1n) is 6.55. The van der Waals surface area contributed by atoms with Crippen molar-refractivity contribution in [2.45, 2.75) is 60.0 Å². The minimum atomic E-state index is -2.42. The number of hydrogen-bond donors (Lipinski definition) is 1. The first-order chi connectivity index (χ1) is 8.15. The van der Waals surface area contributed by atoms with Gasteiger partial charge in [0.15, 0.2) is 0 Å². The Balaban J connectivity index is 4.87. The minimum absolute atomic E-state index is 0.000310. The molecule has 0 aliphatic carbocycles. The van der Waals surface area contributed by atoms with Gasteiger partial charge in [-0.2, -0.15) is 0 Å². The lowest BCUT2D eigenvalue weighted by atomic mass is 9.88. The van der Waals surface area contributed by atoms with Gasteiger partial charge in [-0.15, -0.1) is 0 Å². The van der Waals surface area contributed by atoms with Crippen LogP contribution < -0.4 is 5.32 Å². The van der Waals surface area contributed by atoms with Crippen molar-refractivity contribution in [2.75, 3.05) is 12.8 Å². The SMILES string of the molecule is C=S(C)(=O)N(CC(=O)N[C@@H](C)C(C)(C)C)C(C)(C)C. The van der Waals surface area contributed by atoms with Crippen LogP contribution in [0.5, 0.6) is 0 Å². The van der Waals surface area contributed by atoms with Crippen molar-refractivity contribution in [2.24, 2.45) is 5.41 Å². The highest BCUT2D eigenvalue weighted by atomic mass is 32.2. The summed E-state index contributed by atoms with van der Waals surface area (Å²) in [5, 5.41) is 2.96. The first-order valence-corrected chi connectivity index (χ1v) is 8.64. The zero-order valence-electron chi connectivity index (χ0n) is 13.7. The average Bonchev–Trinajstić information content (AvgIpc) is 2.08. The van der Waals surface area contributed by atoms with Crippen LogP contribution in [0.2, 0.25) is 0 Å². The van der Waals surface area contributed by atoms with E-state index >= 15 is 0 Å². The maximum atomic E-state index is 12.2. The van der Waals surface area contributed by atoms with E-state index in [1.807, 2.05) is 27.7 Å². The van der Waals surface area contributed by atoms with E-state index in [0.29, 0.717) is 0 Å². The van der Waals surface area contributed by atoms with Gasteiger partial charge in [-0.3, -0.25) is 9.00 Å². The molecule has 19 heavy (non-hydrogen) atoms. The fourth-order valence-corrected chi connectivity index (χ4v) is 3.14. The van der Waals surface area contributed by atoms with E-state index in [1.165, 1.54) is 0 Å². The topological polar surface area (TPSA) is 49.4 Å². The van der Waals surface area contributed by atoms with E-state index in [1.54, 1.807) is 10.6 Å². The van der Waals surface area contributed by atoms with Crippen molar-refractivity contribution in [3.05, 3.63) is 0 Å². The summed E-state index contributed by atoms with van der Waals surface area (Å²) in [7, 11) is -2.42. The number of hydrogen-bond acceptors (Lipinski definition) is 2. The monoisotopic (exact) mass is 290 g/mol. The molecular formula is C14H30N2O2S. The summed E-state index contributed by atoms with van der Waals surface area (Å²) in [6, 6.07) is 0.0551. The Morgan fingerprint density at radius 3 is 1.95 bits per heavy atom. The molecule has 0 aromatic heterocycles. The molecule has 0 fully saturated rings. The van der Waals surface area contributed by atoms with Crippen LogP contribution >= 0.6 is 0 Å². The predicted molar refractivity (Wildman–Crippen MR) is 84.7 cm³/mol. The molecule has 0 aliphatic heterocycles. The van der Waals surface area contributed by atoms with Gasteiger partial charge in [-0.25, -0.2) is 4.31 Å². The molecule has 4 nitrogen and oxygen atoms in total. The summed E-state index contributed by atoms with van der Waals surface area (Å²) in [6.07, 6.45) is 1.57. The molecule has 0 aromatic rings. The normalized spacial score (nSPS) is 17.9. The Morgan fingerprint density at radius 1 is 1.26 bits per heavy atom. The van der Waals surface area contributed by atoms with Gasteiger partial charge in [-0.1, -0.05) is 20.8 Å². The number of nitrogens with one attached hydrogen (secondary N) is 1. The van der Waals surface area contributed by atoms with Gasteiger partial charge in [0.25, 0.3) is 0 Å². The maximum Gasteiger partial charge on any atom is 0.235 e. The molecule has 0 aliphatic rings. The van der Waals surface area contributed by atoms with E-state index in [4.69, 9.17) is 0 Å². The van der Waals surface area contributed by atoms with Crippen LogP contribution in [0, 0.1) is 5.41 Å². The van der Waals surface area contributed by atoms with Gasteiger partial charge >= 0.3 is 0 Å². The van der Waals surface area contributed by atoms with Crippen LogP contribution in [-0.4, -0.2) is 44.7 Å². The summed E-state index contributed by atoms with van der Waals surface area (Å²) in [5.74, 6) is 3.58. The molecule has 0 aromatic carbocycles. The maximum absolute atomic E-state index is 12.2. The van der Waals surface area contributed by atoms with Crippen molar-refractivity contribution >= 4 is 21.5 Å². The second-order valence-electron chi connectivity index (χ2n) is 7.32. The highest BCUT2D eigenvalue weighted by molar-refractivity contribution is 7.97. The third-order valence-corrected chi connectivity index (χ3v) is 4.79. The Kier molecular flexibility index (Phi) is 5.67. The number of rotatable bonds is 4. The standard InChI is InChI=1S/C14H30N2O2S/c1-11(13(2,3)4)15-12(17)10-16(14(5,6)7)19(8,9)18/h11H,8,10H2,1-7,9H3,(H,15,17)/t11-,19?/m0/s1. The van der Waals surface area contributed by atoms with Gasteiger partial charge in [0, 0.05) is 27.5 Å². The predicted octanol–water partition coefficient (Wildman–Crippen LogP) is 1.90. The Bertz CT molecular complexity index is 414. The number of nitrogens with zero attached hydrogens (tertiary/aromatic N) is 1. The fraction of sp³-hybridized carbons (Fsp3) is 0.857. The van der Waals surface area contributed by atoms with Crippen molar-refractivity contribution in [3.63, 3.8) is 0 Å². The Labute approximate surface area is 119 Å². The summed E-state index contributed by atoms with van der Waals surface area (Å²) >= 11 is 0. The molecule has 0 bridgehead atoms. The molecule has 5 heteroatoms. The first kappa shape index (κ1) is 18.4. The highest BCUT2D eigenvalue weighted by Crippen LogP contribution is 2.19. The van der Waals surface area contributed by atoms with E-state index in [-0.39, 0.29) is 29.4 Å².